The van der Waals surface area contributed by atoms with Crippen LogP contribution in [0.2, 0.25) is 0 Å². The normalized spacial score (nSPS) is 10.3. The van der Waals surface area contributed by atoms with Crippen LogP contribution in [0.5, 0.6) is 0 Å². The van der Waals surface area contributed by atoms with Crippen LogP contribution in [0, 0.1) is 6.92 Å². The number of anilines is 1. The van der Waals surface area contributed by atoms with Gasteiger partial charge in [-0.15, -0.1) is 0 Å². The number of aryl methyl sites for hydroxylation is 1. The van der Waals surface area contributed by atoms with Crippen molar-refractivity contribution in [2.45, 2.75) is 6.92 Å². The molecule has 2 N–H and O–H groups in total. The topological polar surface area (TPSA) is 57.8 Å². The second kappa shape index (κ2) is 5.63. The quantitative estimate of drug-likeness (QED) is 0.768. The molecule has 0 atom stereocenters. The first kappa shape index (κ1) is 13.1. The maximum atomic E-state index is 12.3. The highest BCUT2D eigenvalue weighted by Crippen LogP contribution is 2.21. The number of H-pyrrole nitrogens is 1. The van der Waals surface area contributed by atoms with Crippen LogP contribution in [0.1, 0.15) is 15.9 Å². The molecule has 0 aliphatic rings. The van der Waals surface area contributed by atoms with Gasteiger partial charge < -0.3 is 10.3 Å². The van der Waals surface area contributed by atoms with Crippen molar-refractivity contribution in [1.82, 2.24) is 9.97 Å². The molecular weight excluding hydrogens is 262 g/mol. The van der Waals surface area contributed by atoms with E-state index in [-0.39, 0.29) is 5.91 Å². The van der Waals surface area contributed by atoms with E-state index in [0.29, 0.717) is 5.56 Å². The van der Waals surface area contributed by atoms with Gasteiger partial charge >= 0.3 is 0 Å². The number of nitrogens with one attached hydrogen (secondary N) is 2. The van der Waals surface area contributed by atoms with Gasteiger partial charge in [0.05, 0.1) is 18.2 Å². The zero-order valence-electron chi connectivity index (χ0n) is 11.6. The monoisotopic (exact) mass is 277 g/mol. The largest absolute Gasteiger partial charge is 0.345 e. The molecule has 104 valence electrons. The molecule has 4 heteroatoms. The molecule has 2 aromatic carbocycles. The van der Waals surface area contributed by atoms with Crippen LogP contribution in [0.3, 0.4) is 0 Å². The van der Waals surface area contributed by atoms with Crippen molar-refractivity contribution in [1.29, 1.82) is 0 Å². The van der Waals surface area contributed by atoms with Crippen LogP contribution in [-0.2, 0) is 0 Å². The Kier molecular flexibility index (Phi) is 3.51. The van der Waals surface area contributed by atoms with E-state index >= 15 is 0 Å². The number of benzene rings is 2. The van der Waals surface area contributed by atoms with Gasteiger partial charge in [0.25, 0.3) is 5.91 Å². The first-order valence-electron chi connectivity index (χ1n) is 6.70. The van der Waals surface area contributed by atoms with Crippen molar-refractivity contribution in [3.8, 4) is 11.3 Å². The van der Waals surface area contributed by atoms with Crippen LogP contribution < -0.4 is 5.32 Å². The zero-order chi connectivity index (χ0) is 14.7. The molecule has 0 bridgehead atoms. The fourth-order valence-corrected chi connectivity index (χ4v) is 2.20. The molecule has 1 aromatic heterocycles. The third-order valence-electron chi connectivity index (χ3n) is 3.32. The number of rotatable bonds is 3. The molecule has 0 unspecified atom stereocenters. The second-order valence-electron chi connectivity index (χ2n) is 4.82. The second-order valence-corrected chi connectivity index (χ2v) is 4.82. The summed E-state index contributed by atoms with van der Waals surface area (Å²) in [5.74, 6) is -0.102. The van der Waals surface area contributed by atoms with Crippen LogP contribution >= 0.6 is 0 Å². The lowest BCUT2D eigenvalue weighted by atomic mass is 10.1. The van der Waals surface area contributed by atoms with E-state index < -0.39 is 0 Å². The molecule has 0 saturated heterocycles. The van der Waals surface area contributed by atoms with E-state index in [2.05, 4.69) is 15.3 Å². The number of imidazole rings is 1. The lowest BCUT2D eigenvalue weighted by molar-refractivity contribution is 0.102. The van der Waals surface area contributed by atoms with Gasteiger partial charge in [-0.3, -0.25) is 4.79 Å². The molecule has 1 heterocycles. The highest BCUT2D eigenvalue weighted by atomic mass is 16.1. The fraction of sp³-hybridized carbons (Fsp3) is 0.0588. The summed E-state index contributed by atoms with van der Waals surface area (Å²) in [5, 5.41) is 2.93. The summed E-state index contributed by atoms with van der Waals surface area (Å²) >= 11 is 0. The van der Waals surface area contributed by atoms with Crippen LogP contribution in [0.15, 0.2) is 61.1 Å². The molecule has 1 amide bonds. The van der Waals surface area contributed by atoms with Crippen molar-refractivity contribution in [2.24, 2.45) is 0 Å². The first-order valence-corrected chi connectivity index (χ1v) is 6.70. The molecule has 0 saturated carbocycles. The minimum atomic E-state index is -0.102. The summed E-state index contributed by atoms with van der Waals surface area (Å²) < 4.78 is 0. The SMILES string of the molecule is Cc1ccccc1C(=O)Nc1cccc(-c2cnc[nH]2)c1. The van der Waals surface area contributed by atoms with Crippen LogP contribution in [-0.4, -0.2) is 15.9 Å². The number of hydrogen-bond acceptors (Lipinski definition) is 2. The number of hydrogen-bond donors (Lipinski definition) is 2. The van der Waals surface area contributed by atoms with E-state index in [9.17, 15) is 4.79 Å². The Morgan fingerprint density at radius 2 is 2.00 bits per heavy atom. The van der Waals surface area contributed by atoms with Crippen LogP contribution in [0.4, 0.5) is 5.69 Å². The molecule has 3 rings (SSSR count). The predicted molar refractivity (Wildman–Crippen MR) is 83.2 cm³/mol. The molecule has 0 radical (unpaired) electrons. The minimum absolute atomic E-state index is 0.102. The van der Waals surface area contributed by atoms with Gasteiger partial charge in [-0.1, -0.05) is 30.3 Å². The predicted octanol–water partition coefficient (Wildman–Crippen LogP) is 3.64. The average molecular weight is 277 g/mol. The lowest BCUT2D eigenvalue weighted by Crippen LogP contribution is -2.13. The summed E-state index contributed by atoms with van der Waals surface area (Å²) in [7, 11) is 0. The van der Waals surface area contributed by atoms with Gasteiger partial charge in [-0.05, 0) is 30.7 Å². The Hall–Kier alpha value is -2.88. The Labute approximate surface area is 122 Å². The van der Waals surface area contributed by atoms with Gasteiger partial charge in [0.15, 0.2) is 0 Å². The maximum Gasteiger partial charge on any atom is 0.255 e. The summed E-state index contributed by atoms with van der Waals surface area (Å²) in [6.45, 7) is 1.93. The molecular formula is C17H15N3O. The summed E-state index contributed by atoms with van der Waals surface area (Å²) in [6, 6.07) is 15.2. The molecule has 3 aromatic rings. The van der Waals surface area contributed by atoms with E-state index in [1.807, 2.05) is 55.5 Å². The van der Waals surface area contributed by atoms with E-state index in [0.717, 1.165) is 22.5 Å². The summed E-state index contributed by atoms with van der Waals surface area (Å²) in [6.07, 6.45) is 3.39. The number of aromatic amines is 1. The molecule has 0 spiro atoms. The Balaban J connectivity index is 1.84. The minimum Gasteiger partial charge on any atom is -0.345 e. The smallest absolute Gasteiger partial charge is 0.255 e. The molecule has 4 nitrogen and oxygen atoms in total. The highest BCUT2D eigenvalue weighted by molar-refractivity contribution is 6.05. The number of aromatic nitrogens is 2. The van der Waals surface area contributed by atoms with Crippen LogP contribution in [0.25, 0.3) is 11.3 Å². The van der Waals surface area contributed by atoms with Crippen molar-refractivity contribution in [3.05, 3.63) is 72.2 Å². The van der Waals surface area contributed by atoms with Crippen molar-refractivity contribution in [2.75, 3.05) is 5.32 Å². The number of nitrogens with zero attached hydrogens (tertiary/aromatic N) is 1. The summed E-state index contributed by atoms with van der Waals surface area (Å²) in [5.41, 5.74) is 4.30. The fourth-order valence-electron chi connectivity index (χ4n) is 2.20. The van der Waals surface area contributed by atoms with Gasteiger partial charge in [0, 0.05) is 16.8 Å². The van der Waals surface area contributed by atoms with Gasteiger partial charge in [0.2, 0.25) is 0 Å². The number of carbonyl (C=O) groups excluding carboxylic acids is 1. The number of carbonyl (C=O) groups is 1. The van der Waals surface area contributed by atoms with Gasteiger partial charge in [-0.25, -0.2) is 4.98 Å². The Morgan fingerprint density at radius 1 is 1.14 bits per heavy atom. The lowest BCUT2D eigenvalue weighted by Gasteiger charge is -2.08. The van der Waals surface area contributed by atoms with Crippen molar-refractivity contribution < 1.29 is 4.79 Å². The van der Waals surface area contributed by atoms with E-state index in [1.165, 1.54) is 0 Å². The van der Waals surface area contributed by atoms with Gasteiger partial charge in [0.1, 0.15) is 0 Å². The first-order chi connectivity index (χ1) is 10.2. The molecule has 0 aliphatic heterocycles. The maximum absolute atomic E-state index is 12.3. The van der Waals surface area contributed by atoms with Crippen molar-refractivity contribution >= 4 is 11.6 Å². The van der Waals surface area contributed by atoms with E-state index in [1.54, 1.807) is 12.5 Å². The van der Waals surface area contributed by atoms with Crippen molar-refractivity contribution in [3.63, 3.8) is 0 Å². The molecule has 0 fully saturated rings. The third-order valence-corrected chi connectivity index (χ3v) is 3.32. The standard InChI is InChI=1S/C17H15N3O/c1-12-5-2-3-8-15(12)17(21)20-14-7-4-6-13(9-14)16-10-18-11-19-16/h2-11H,1H3,(H,18,19)(H,20,21). The average Bonchev–Trinajstić information content (AvgIpc) is 3.02. The molecule has 21 heavy (non-hydrogen) atoms. The zero-order valence-corrected chi connectivity index (χ0v) is 11.6. The van der Waals surface area contributed by atoms with Gasteiger partial charge in [-0.2, -0.15) is 0 Å². The van der Waals surface area contributed by atoms with E-state index in [4.69, 9.17) is 0 Å². The highest BCUT2D eigenvalue weighted by Gasteiger charge is 2.09. The third kappa shape index (κ3) is 2.84. The summed E-state index contributed by atoms with van der Waals surface area (Å²) in [4.78, 5) is 19.4. The number of amides is 1. The molecule has 0 aliphatic carbocycles. The Morgan fingerprint density at radius 3 is 2.76 bits per heavy atom. The Bertz CT molecular complexity index is 763.